The van der Waals surface area contributed by atoms with Gasteiger partial charge in [-0.25, -0.2) is 0 Å². The van der Waals surface area contributed by atoms with Crippen LogP contribution < -0.4 is 19.5 Å². The number of ether oxygens (including phenoxy) is 3. The molecule has 1 aromatic heterocycles. The van der Waals surface area contributed by atoms with Crippen molar-refractivity contribution in [2.75, 3.05) is 26.6 Å². The molecule has 0 saturated heterocycles. The first-order chi connectivity index (χ1) is 16.1. The van der Waals surface area contributed by atoms with Crippen LogP contribution >= 0.6 is 0 Å². The highest BCUT2D eigenvalue weighted by Crippen LogP contribution is 2.38. The van der Waals surface area contributed by atoms with E-state index in [-0.39, 0.29) is 17.8 Å². The molecule has 0 unspecified atom stereocenters. The average molecular weight is 445 g/mol. The predicted molar refractivity (Wildman–Crippen MR) is 123 cm³/mol. The molecule has 0 bridgehead atoms. The van der Waals surface area contributed by atoms with Gasteiger partial charge in [-0.05, 0) is 35.9 Å². The second-order valence-corrected chi connectivity index (χ2v) is 7.19. The topological polar surface area (TPSA) is 90.0 Å². The molecule has 2 heterocycles. The number of pyridine rings is 1. The van der Waals surface area contributed by atoms with Crippen LogP contribution in [0.25, 0.3) is 5.57 Å². The maximum Gasteiger partial charge on any atom is 0.278 e. The van der Waals surface area contributed by atoms with Crippen LogP contribution in [0.4, 0.5) is 5.69 Å². The molecule has 8 heteroatoms. The number of para-hydroxylation sites is 1. The molecule has 8 nitrogen and oxygen atoms in total. The number of amides is 2. The number of hydrogen-bond donors (Lipinski definition) is 1. The van der Waals surface area contributed by atoms with Crippen LogP contribution in [0.1, 0.15) is 11.1 Å². The Morgan fingerprint density at radius 1 is 0.848 bits per heavy atom. The van der Waals surface area contributed by atoms with Gasteiger partial charge < -0.3 is 19.5 Å². The Morgan fingerprint density at radius 2 is 1.58 bits per heavy atom. The van der Waals surface area contributed by atoms with Gasteiger partial charge in [0.15, 0.2) is 0 Å². The van der Waals surface area contributed by atoms with Gasteiger partial charge >= 0.3 is 0 Å². The third-order valence-corrected chi connectivity index (χ3v) is 5.30. The summed E-state index contributed by atoms with van der Waals surface area (Å²) >= 11 is 0. The molecule has 33 heavy (non-hydrogen) atoms. The SMILES string of the molecule is COc1ccc(OC)c(NC2=C(c3ccccc3OC)C(=O)N(Cc3ccncc3)C2=O)c1. The maximum absolute atomic E-state index is 13.5. The lowest BCUT2D eigenvalue weighted by molar-refractivity contribution is -0.137. The van der Waals surface area contributed by atoms with Gasteiger partial charge in [0, 0.05) is 24.0 Å². The summed E-state index contributed by atoms with van der Waals surface area (Å²) < 4.78 is 16.2. The molecule has 0 radical (unpaired) electrons. The van der Waals surface area contributed by atoms with Crippen molar-refractivity contribution in [1.82, 2.24) is 9.88 Å². The fourth-order valence-electron chi connectivity index (χ4n) is 3.65. The number of anilines is 1. The number of carbonyl (C=O) groups excluding carboxylic acids is 2. The Morgan fingerprint density at radius 3 is 2.27 bits per heavy atom. The summed E-state index contributed by atoms with van der Waals surface area (Å²) in [4.78, 5) is 32.3. The summed E-state index contributed by atoms with van der Waals surface area (Å²) in [6.07, 6.45) is 3.24. The highest BCUT2D eigenvalue weighted by molar-refractivity contribution is 6.37. The molecule has 1 aliphatic rings. The zero-order valence-electron chi connectivity index (χ0n) is 18.5. The predicted octanol–water partition coefficient (Wildman–Crippen LogP) is 3.50. The van der Waals surface area contributed by atoms with E-state index in [0.717, 1.165) is 5.56 Å². The summed E-state index contributed by atoms with van der Waals surface area (Å²) in [7, 11) is 4.60. The van der Waals surface area contributed by atoms with E-state index in [1.165, 1.54) is 19.1 Å². The first kappa shape index (κ1) is 21.9. The molecule has 0 aliphatic carbocycles. The van der Waals surface area contributed by atoms with Crippen LogP contribution in [0.2, 0.25) is 0 Å². The second kappa shape index (κ2) is 9.44. The van der Waals surface area contributed by atoms with E-state index in [1.807, 2.05) is 0 Å². The first-order valence-electron chi connectivity index (χ1n) is 10.2. The van der Waals surface area contributed by atoms with E-state index in [1.54, 1.807) is 74.1 Å². The van der Waals surface area contributed by atoms with E-state index in [2.05, 4.69) is 10.3 Å². The minimum atomic E-state index is -0.456. The molecule has 2 aromatic carbocycles. The van der Waals surface area contributed by atoms with Gasteiger partial charge in [-0.1, -0.05) is 18.2 Å². The van der Waals surface area contributed by atoms with Crippen LogP contribution in [0.5, 0.6) is 17.2 Å². The molecule has 1 aliphatic heterocycles. The van der Waals surface area contributed by atoms with E-state index in [9.17, 15) is 9.59 Å². The molecule has 0 fully saturated rings. The smallest absolute Gasteiger partial charge is 0.278 e. The number of nitrogens with one attached hydrogen (secondary N) is 1. The van der Waals surface area contributed by atoms with Gasteiger partial charge in [0.05, 0.1) is 39.1 Å². The number of carbonyl (C=O) groups is 2. The van der Waals surface area contributed by atoms with Crippen LogP contribution in [0.3, 0.4) is 0 Å². The lowest BCUT2D eigenvalue weighted by atomic mass is 10.0. The lowest BCUT2D eigenvalue weighted by Crippen LogP contribution is -2.32. The van der Waals surface area contributed by atoms with Crippen molar-refractivity contribution in [1.29, 1.82) is 0 Å². The van der Waals surface area contributed by atoms with Crippen molar-refractivity contribution in [3.05, 3.63) is 83.8 Å². The molecule has 1 N–H and O–H groups in total. The molecule has 0 atom stereocenters. The first-order valence-corrected chi connectivity index (χ1v) is 10.2. The second-order valence-electron chi connectivity index (χ2n) is 7.19. The van der Waals surface area contributed by atoms with Crippen LogP contribution in [-0.4, -0.2) is 43.0 Å². The van der Waals surface area contributed by atoms with Crippen molar-refractivity contribution < 1.29 is 23.8 Å². The maximum atomic E-state index is 13.5. The van der Waals surface area contributed by atoms with Crippen molar-refractivity contribution in [3.63, 3.8) is 0 Å². The highest BCUT2D eigenvalue weighted by Gasteiger charge is 2.40. The summed E-state index contributed by atoms with van der Waals surface area (Å²) in [5, 5.41) is 3.13. The molecular formula is C25H23N3O5. The Bertz CT molecular complexity index is 1220. The molecule has 4 rings (SSSR count). The van der Waals surface area contributed by atoms with Gasteiger partial charge in [-0.15, -0.1) is 0 Å². The zero-order valence-corrected chi connectivity index (χ0v) is 18.5. The van der Waals surface area contributed by atoms with Crippen molar-refractivity contribution in [2.24, 2.45) is 0 Å². The standard InChI is InChI=1S/C25H23N3O5/c1-31-17-8-9-21(33-3)19(14-17)27-23-22(18-6-4-5-7-20(18)32-2)24(29)28(25(23)30)15-16-10-12-26-13-11-16/h4-14,27H,15H2,1-3H3. The number of aromatic nitrogens is 1. The highest BCUT2D eigenvalue weighted by atomic mass is 16.5. The molecule has 3 aromatic rings. The number of methoxy groups -OCH3 is 3. The molecule has 0 spiro atoms. The molecule has 168 valence electrons. The Labute approximate surface area is 191 Å². The van der Waals surface area contributed by atoms with Gasteiger partial charge in [0.25, 0.3) is 11.8 Å². The number of benzene rings is 2. The number of imide groups is 1. The van der Waals surface area contributed by atoms with Crippen molar-refractivity contribution in [2.45, 2.75) is 6.54 Å². The van der Waals surface area contributed by atoms with Crippen LogP contribution in [0.15, 0.2) is 72.7 Å². The van der Waals surface area contributed by atoms with E-state index < -0.39 is 11.8 Å². The number of hydrogen-bond acceptors (Lipinski definition) is 7. The summed E-state index contributed by atoms with van der Waals surface area (Å²) in [5.74, 6) is 0.670. The minimum absolute atomic E-state index is 0.110. The van der Waals surface area contributed by atoms with Gasteiger partial charge in [0.1, 0.15) is 22.9 Å². The van der Waals surface area contributed by atoms with Gasteiger partial charge in [0.2, 0.25) is 0 Å². The van der Waals surface area contributed by atoms with Gasteiger partial charge in [-0.2, -0.15) is 0 Å². The van der Waals surface area contributed by atoms with Gasteiger partial charge in [-0.3, -0.25) is 19.5 Å². The number of nitrogens with zero attached hydrogens (tertiary/aromatic N) is 2. The quantitative estimate of drug-likeness (QED) is 0.531. The zero-order chi connectivity index (χ0) is 23.4. The van der Waals surface area contributed by atoms with Crippen molar-refractivity contribution in [3.8, 4) is 17.2 Å². The molecule has 2 amide bonds. The fourth-order valence-corrected chi connectivity index (χ4v) is 3.65. The summed E-state index contributed by atoms with van der Waals surface area (Å²) in [5.41, 5.74) is 2.14. The average Bonchev–Trinajstić information content (AvgIpc) is 3.08. The van der Waals surface area contributed by atoms with E-state index >= 15 is 0 Å². The number of rotatable bonds is 8. The fraction of sp³-hybridized carbons (Fsp3) is 0.160. The minimum Gasteiger partial charge on any atom is -0.497 e. The summed E-state index contributed by atoms with van der Waals surface area (Å²) in [6, 6.07) is 15.8. The van der Waals surface area contributed by atoms with Crippen LogP contribution in [0, 0.1) is 0 Å². The third kappa shape index (κ3) is 4.23. The van der Waals surface area contributed by atoms with E-state index in [4.69, 9.17) is 14.2 Å². The Balaban J connectivity index is 1.82. The summed E-state index contributed by atoms with van der Waals surface area (Å²) in [6.45, 7) is 0.110. The lowest BCUT2D eigenvalue weighted by Gasteiger charge is -2.16. The van der Waals surface area contributed by atoms with E-state index in [0.29, 0.717) is 28.5 Å². The molecule has 0 saturated carbocycles. The monoisotopic (exact) mass is 445 g/mol. The third-order valence-electron chi connectivity index (χ3n) is 5.30. The van der Waals surface area contributed by atoms with Crippen molar-refractivity contribution >= 4 is 23.1 Å². The Kier molecular flexibility index (Phi) is 6.26. The largest absolute Gasteiger partial charge is 0.497 e. The molecular weight excluding hydrogens is 422 g/mol. The normalized spacial score (nSPS) is 13.4. The Hall–Kier alpha value is -4.33. The van der Waals surface area contributed by atoms with Crippen LogP contribution in [-0.2, 0) is 16.1 Å².